The van der Waals surface area contributed by atoms with E-state index in [4.69, 9.17) is 14.7 Å². The maximum Gasteiger partial charge on any atom is 0.161 e. The largest absolute Gasteiger partial charge is 0.493 e. The maximum absolute atomic E-state index is 10.1. The average molecular weight is 366 g/mol. The highest BCUT2D eigenvalue weighted by atomic mass is 16.5. The average Bonchev–Trinajstić information content (AvgIpc) is 2.70. The molecule has 1 atom stereocenters. The van der Waals surface area contributed by atoms with Crippen LogP contribution >= 0.6 is 0 Å². The van der Waals surface area contributed by atoms with E-state index in [2.05, 4.69) is 29.2 Å². The van der Waals surface area contributed by atoms with Gasteiger partial charge in [0.05, 0.1) is 25.7 Å². The van der Waals surface area contributed by atoms with E-state index in [0.717, 1.165) is 32.5 Å². The Morgan fingerprint density at radius 2 is 1.89 bits per heavy atom. The van der Waals surface area contributed by atoms with Crippen molar-refractivity contribution in [3.63, 3.8) is 0 Å². The molecule has 0 bridgehead atoms. The van der Waals surface area contributed by atoms with Crippen molar-refractivity contribution in [2.24, 2.45) is 0 Å². The highest BCUT2D eigenvalue weighted by Crippen LogP contribution is 2.33. The third-order valence-corrected chi connectivity index (χ3v) is 4.93. The first-order chi connectivity index (χ1) is 13.2. The number of ether oxygens (including phenoxy) is 2. The van der Waals surface area contributed by atoms with Crippen molar-refractivity contribution < 1.29 is 14.6 Å². The molecule has 142 valence electrons. The van der Waals surface area contributed by atoms with E-state index < -0.39 is 6.10 Å². The minimum Gasteiger partial charge on any atom is -0.493 e. The van der Waals surface area contributed by atoms with Gasteiger partial charge in [0.15, 0.2) is 11.5 Å². The van der Waals surface area contributed by atoms with Crippen molar-refractivity contribution in [3.05, 3.63) is 59.7 Å². The van der Waals surface area contributed by atoms with Crippen molar-refractivity contribution >= 4 is 0 Å². The first-order valence-corrected chi connectivity index (χ1v) is 9.35. The van der Waals surface area contributed by atoms with Crippen LogP contribution in [-0.2, 0) is 6.54 Å². The first-order valence-electron chi connectivity index (χ1n) is 9.35. The van der Waals surface area contributed by atoms with Crippen LogP contribution in [-0.4, -0.2) is 36.3 Å². The van der Waals surface area contributed by atoms with Gasteiger partial charge < -0.3 is 14.6 Å². The number of nitrogens with zero attached hydrogens (tertiary/aromatic N) is 2. The van der Waals surface area contributed by atoms with Crippen LogP contribution in [0.1, 0.15) is 36.5 Å². The predicted molar refractivity (Wildman–Crippen MR) is 104 cm³/mol. The van der Waals surface area contributed by atoms with Crippen LogP contribution < -0.4 is 9.47 Å². The Kier molecular flexibility index (Phi) is 6.69. The van der Waals surface area contributed by atoms with E-state index in [-0.39, 0.29) is 12.5 Å². The molecule has 0 aliphatic carbocycles. The number of likely N-dealkylation sites (tertiary alicyclic amines) is 1. The summed E-state index contributed by atoms with van der Waals surface area (Å²) in [6.45, 7) is 2.93. The molecule has 1 aliphatic rings. The smallest absolute Gasteiger partial charge is 0.161 e. The Morgan fingerprint density at radius 1 is 1.15 bits per heavy atom. The summed E-state index contributed by atoms with van der Waals surface area (Å²) in [6.07, 6.45) is 1.26. The molecule has 1 fully saturated rings. The summed E-state index contributed by atoms with van der Waals surface area (Å²) in [7, 11) is 1.61. The standard InChI is InChI=1S/C22H26N2O3/c1-26-21-8-7-18(20(25)9-12-23)15-22(21)27-19-10-13-24(14-11-19)16-17-5-3-2-4-6-17/h2-8,15,19-20,25H,9-11,13-14,16H2,1H3. The molecular formula is C22H26N2O3. The van der Waals surface area contributed by atoms with Crippen LogP contribution in [0.3, 0.4) is 0 Å². The van der Waals surface area contributed by atoms with Gasteiger partial charge in [0.1, 0.15) is 6.10 Å². The van der Waals surface area contributed by atoms with E-state index in [9.17, 15) is 5.11 Å². The van der Waals surface area contributed by atoms with Crippen molar-refractivity contribution in [3.8, 4) is 17.6 Å². The third-order valence-electron chi connectivity index (χ3n) is 4.93. The summed E-state index contributed by atoms with van der Waals surface area (Å²) in [5, 5.41) is 18.9. The second-order valence-corrected chi connectivity index (χ2v) is 6.87. The number of aliphatic hydroxyl groups excluding tert-OH is 1. The molecule has 1 aliphatic heterocycles. The third kappa shape index (κ3) is 5.22. The molecule has 0 radical (unpaired) electrons. The molecule has 5 nitrogen and oxygen atoms in total. The minimum absolute atomic E-state index is 0.0592. The maximum atomic E-state index is 10.1. The number of rotatable bonds is 7. The highest BCUT2D eigenvalue weighted by Gasteiger charge is 2.22. The molecule has 2 aromatic carbocycles. The number of nitriles is 1. The molecule has 0 saturated carbocycles. The lowest BCUT2D eigenvalue weighted by Crippen LogP contribution is -2.37. The van der Waals surface area contributed by atoms with Gasteiger partial charge in [-0.05, 0) is 36.1 Å². The zero-order chi connectivity index (χ0) is 19.1. The quantitative estimate of drug-likeness (QED) is 0.810. The number of aliphatic hydroxyl groups is 1. The van der Waals surface area contributed by atoms with Crippen molar-refractivity contribution in [2.75, 3.05) is 20.2 Å². The summed E-state index contributed by atoms with van der Waals surface area (Å²) in [6, 6.07) is 17.8. The van der Waals surface area contributed by atoms with Gasteiger partial charge in [-0.15, -0.1) is 0 Å². The number of hydrogen-bond donors (Lipinski definition) is 1. The summed E-state index contributed by atoms with van der Waals surface area (Å²) in [4.78, 5) is 2.44. The Morgan fingerprint density at radius 3 is 2.56 bits per heavy atom. The lowest BCUT2D eigenvalue weighted by atomic mass is 10.0. The summed E-state index contributed by atoms with van der Waals surface area (Å²) >= 11 is 0. The van der Waals surface area contributed by atoms with Crippen LogP contribution in [0.5, 0.6) is 11.5 Å². The van der Waals surface area contributed by atoms with Gasteiger partial charge in [-0.2, -0.15) is 5.26 Å². The fourth-order valence-corrected chi connectivity index (χ4v) is 3.40. The van der Waals surface area contributed by atoms with Crippen molar-refractivity contribution in [1.82, 2.24) is 4.90 Å². The molecule has 1 unspecified atom stereocenters. The summed E-state index contributed by atoms with van der Waals surface area (Å²) in [5.74, 6) is 1.28. The van der Waals surface area contributed by atoms with E-state index in [1.165, 1.54) is 5.56 Å². The van der Waals surface area contributed by atoms with E-state index in [1.54, 1.807) is 25.3 Å². The van der Waals surface area contributed by atoms with Gasteiger partial charge in [-0.3, -0.25) is 4.90 Å². The van der Waals surface area contributed by atoms with Crippen molar-refractivity contribution in [2.45, 2.75) is 38.0 Å². The second-order valence-electron chi connectivity index (χ2n) is 6.87. The van der Waals surface area contributed by atoms with Gasteiger partial charge in [-0.25, -0.2) is 0 Å². The molecule has 1 saturated heterocycles. The molecule has 2 aromatic rings. The molecule has 3 rings (SSSR count). The van der Waals surface area contributed by atoms with Crippen LogP contribution in [0.4, 0.5) is 0 Å². The molecule has 5 heteroatoms. The Bertz CT molecular complexity index is 765. The fourth-order valence-electron chi connectivity index (χ4n) is 3.40. The number of hydrogen-bond acceptors (Lipinski definition) is 5. The Balaban J connectivity index is 1.59. The van der Waals surface area contributed by atoms with Gasteiger partial charge in [0, 0.05) is 19.6 Å². The molecule has 0 aromatic heterocycles. The van der Waals surface area contributed by atoms with Gasteiger partial charge >= 0.3 is 0 Å². The predicted octanol–water partition coefficient (Wildman–Crippen LogP) is 3.69. The highest BCUT2D eigenvalue weighted by molar-refractivity contribution is 5.44. The molecule has 0 amide bonds. The number of piperidine rings is 1. The lowest BCUT2D eigenvalue weighted by molar-refractivity contribution is 0.0938. The molecule has 1 N–H and O–H groups in total. The first kappa shape index (κ1) is 19.2. The van der Waals surface area contributed by atoms with Crippen LogP contribution in [0.15, 0.2) is 48.5 Å². The second kappa shape index (κ2) is 9.40. The van der Waals surface area contributed by atoms with Crippen molar-refractivity contribution in [1.29, 1.82) is 5.26 Å². The monoisotopic (exact) mass is 366 g/mol. The van der Waals surface area contributed by atoms with Gasteiger partial charge in [0.25, 0.3) is 0 Å². The number of methoxy groups -OCH3 is 1. The summed E-state index contributed by atoms with van der Waals surface area (Å²) < 4.78 is 11.6. The fraction of sp³-hybridized carbons (Fsp3) is 0.409. The molecule has 1 heterocycles. The zero-order valence-electron chi connectivity index (χ0n) is 15.7. The van der Waals surface area contributed by atoms with Gasteiger partial charge in [0.2, 0.25) is 0 Å². The topological polar surface area (TPSA) is 65.7 Å². The zero-order valence-corrected chi connectivity index (χ0v) is 15.7. The SMILES string of the molecule is COc1ccc(C(O)CC#N)cc1OC1CCN(Cc2ccccc2)CC1. The molecule has 0 spiro atoms. The van der Waals surface area contributed by atoms with Crippen LogP contribution in [0.2, 0.25) is 0 Å². The van der Waals surface area contributed by atoms with E-state index in [0.29, 0.717) is 17.1 Å². The summed E-state index contributed by atoms with van der Waals surface area (Å²) in [5.41, 5.74) is 2.01. The molecular weight excluding hydrogens is 340 g/mol. The molecule has 27 heavy (non-hydrogen) atoms. The Hall–Kier alpha value is -2.55. The number of benzene rings is 2. The van der Waals surface area contributed by atoms with E-state index in [1.807, 2.05) is 12.1 Å². The van der Waals surface area contributed by atoms with Gasteiger partial charge in [-0.1, -0.05) is 36.4 Å². The van der Waals surface area contributed by atoms with Crippen LogP contribution in [0, 0.1) is 11.3 Å². The Labute approximate surface area is 160 Å². The van der Waals surface area contributed by atoms with Crippen LogP contribution in [0.25, 0.3) is 0 Å². The minimum atomic E-state index is -0.809. The normalized spacial score (nSPS) is 16.5. The van der Waals surface area contributed by atoms with E-state index >= 15 is 0 Å². The lowest BCUT2D eigenvalue weighted by Gasteiger charge is -2.32.